The molecular weight excluding hydrogens is 761 g/mol. The molecule has 1 aliphatic heterocycles. The van der Waals surface area contributed by atoms with Gasteiger partial charge in [-0.1, -0.05) is 157 Å². The fourth-order valence-electron chi connectivity index (χ4n) is 5.42. The van der Waals surface area contributed by atoms with Crippen molar-refractivity contribution in [2.24, 2.45) is 15.5 Å². The Hall–Kier alpha value is -3.51. The highest BCUT2D eigenvalue weighted by Crippen LogP contribution is 2.35. The number of nitrogens with zero attached hydrogens (tertiary/aromatic N) is 6. The number of ether oxygens (including phenoxy) is 2. The molecule has 0 saturated heterocycles. The van der Waals surface area contributed by atoms with Crippen LogP contribution in [0.3, 0.4) is 0 Å². The van der Waals surface area contributed by atoms with Gasteiger partial charge in [-0.15, -0.1) is 9.89 Å². The van der Waals surface area contributed by atoms with E-state index < -0.39 is 5.75 Å². The molecule has 0 amide bonds. The molecule has 0 fully saturated rings. The second-order valence-electron chi connectivity index (χ2n) is 14.7. The van der Waals surface area contributed by atoms with E-state index in [1.165, 1.54) is 81.1 Å². The van der Waals surface area contributed by atoms with E-state index in [0.29, 0.717) is 35.4 Å². The fraction of sp³-hybridized carbons (Fsp3) is 0.614. The van der Waals surface area contributed by atoms with Crippen LogP contribution in [-0.2, 0) is 14.3 Å². The Kier molecular flexibility index (Phi) is 28.1. The topological polar surface area (TPSA) is 129 Å². The molecule has 0 radical (unpaired) electrons. The fourth-order valence-corrected chi connectivity index (χ4v) is 5.89. The van der Waals surface area contributed by atoms with Crippen molar-refractivity contribution < 1.29 is 19.4 Å². The third-order valence-corrected chi connectivity index (χ3v) is 8.72. The Morgan fingerprint density at radius 1 is 0.860 bits per heavy atom. The predicted molar refractivity (Wildman–Crippen MR) is 243 cm³/mol. The Morgan fingerprint density at radius 3 is 1.88 bits per heavy atom. The number of esters is 1. The maximum absolute atomic E-state index is 12.0. The summed E-state index contributed by atoms with van der Waals surface area (Å²) in [6.45, 7) is 8.82. The number of nitrogens with one attached hydrogen (secondary N) is 1. The molecule has 324 valence electrons. The van der Waals surface area contributed by atoms with Crippen LogP contribution < -0.4 is 10.4 Å². The van der Waals surface area contributed by atoms with Gasteiger partial charge in [0.2, 0.25) is 5.82 Å². The number of hydrogen-bond donors (Lipinski definition) is 1. The first-order valence-corrected chi connectivity index (χ1v) is 19.6. The number of carbonyl (C=O) groups is 1. The second kappa shape index (κ2) is 28.8. The molecule has 2 heterocycles. The summed E-state index contributed by atoms with van der Waals surface area (Å²) in [5.74, 6) is 0.151. The summed E-state index contributed by atoms with van der Waals surface area (Å²) >= 11 is 12.2. The van der Waals surface area contributed by atoms with Gasteiger partial charge in [0, 0.05) is 26.7 Å². The van der Waals surface area contributed by atoms with Gasteiger partial charge in [-0.2, -0.15) is 5.10 Å². The summed E-state index contributed by atoms with van der Waals surface area (Å²) < 4.78 is 10.8. The normalized spacial score (nSPS) is 12.2. The van der Waals surface area contributed by atoms with E-state index in [9.17, 15) is 9.90 Å². The first-order chi connectivity index (χ1) is 25.3. The highest BCUT2D eigenvalue weighted by Gasteiger charge is 2.35. The molecule has 0 atom stereocenters. The minimum absolute atomic E-state index is 0. The number of unbranched alkanes of at least 4 members (excludes halogenated alkanes) is 11. The number of benzene rings is 2. The van der Waals surface area contributed by atoms with Gasteiger partial charge in [0.05, 0.1) is 18.0 Å². The molecule has 0 spiro atoms. The van der Waals surface area contributed by atoms with Crippen molar-refractivity contribution in [2.75, 3.05) is 46.4 Å². The average Bonchev–Trinajstić information content (AvgIpc) is 3.67. The smallest absolute Gasteiger partial charge is 0.332 e. The maximum atomic E-state index is 12.0. The third-order valence-electron chi connectivity index (χ3n) is 8.16. The highest BCUT2D eigenvalue weighted by molar-refractivity contribution is 6.50. The minimum atomic E-state index is -0.443. The molecule has 1 aromatic heterocycles. The van der Waals surface area contributed by atoms with Crippen LogP contribution in [0.4, 0.5) is 11.4 Å². The van der Waals surface area contributed by atoms with Crippen molar-refractivity contribution in [3.05, 3.63) is 52.3 Å². The molecule has 57 heavy (non-hydrogen) atoms. The lowest BCUT2D eigenvalue weighted by molar-refractivity contribution is -0.268. The number of anilines is 1. The lowest BCUT2D eigenvalue weighted by Gasteiger charge is -2.18. The zero-order valence-corrected chi connectivity index (χ0v) is 34.2. The number of aliphatic imine (C=N–C) groups is 1. The predicted octanol–water partition coefficient (Wildman–Crippen LogP) is 12.1. The molecule has 1 N–H and O–H groups in total. The van der Waals surface area contributed by atoms with Crippen LogP contribution in [0.1, 0.15) is 140 Å². The van der Waals surface area contributed by atoms with Gasteiger partial charge in [0.25, 0.3) is 0 Å². The van der Waals surface area contributed by atoms with Crippen LogP contribution in [-0.4, -0.2) is 78.3 Å². The number of fused-ring (bicyclic) bond motifs is 1. The van der Waals surface area contributed by atoms with E-state index in [1.807, 2.05) is 71.1 Å². The van der Waals surface area contributed by atoms with E-state index in [2.05, 4.69) is 22.4 Å². The molecule has 0 aliphatic carbocycles. The van der Waals surface area contributed by atoms with Crippen molar-refractivity contribution >= 4 is 52.0 Å². The standard InChI is InChI=1S/C37H50Cl2N6O4.C3H9N.4CH4/c1-5-6-7-8-9-10-11-12-13-14-15-16-21-49-31(46)24-48-25-40-27-19-17-26(18-20-27)35-42-36-32(34(37(2,3)4)43-45(36)44-35)41-28-22-29(38)33(47)30(39)23-28;1-4(2)3;;;;/h17-20,22-23,40,47H,5-16,21,24-25H2,1-4H3;1-3H3;4*1H4/p-1. The largest absolute Gasteiger partial charge is 0.870 e. The van der Waals surface area contributed by atoms with Crippen molar-refractivity contribution in [1.82, 2.24) is 19.8 Å². The Morgan fingerprint density at radius 2 is 1.37 bits per heavy atom. The van der Waals surface area contributed by atoms with Crippen molar-refractivity contribution in [2.45, 2.75) is 134 Å². The molecule has 13 heteroatoms. The van der Waals surface area contributed by atoms with E-state index in [4.69, 9.17) is 42.7 Å². The molecule has 0 bridgehead atoms. The summed E-state index contributed by atoms with van der Waals surface area (Å²) in [5.41, 5.74) is 2.88. The number of halogens is 2. The highest BCUT2D eigenvalue weighted by atomic mass is 35.5. The molecular formula is C44H74Cl2N7O4-. The van der Waals surface area contributed by atoms with Gasteiger partial charge in [-0.3, -0.25) is 0 Å². The summed E-state index contributed by atoms with van der Waals surface area (Å²) in [6, 6.07) is 10.5. The summed E-state index contributed by atoms with van der Waals surface area (Å²) in [4.78, 5) is 25.0. The van der Waals surface area contributed by atoms with Gasteiger partial charge in [-0.25, -0.2) is 14.8 Å². The lowest BCUT2D eigenvalue weighted by atomic mass is 9.87. The summed E-state index contributed by atoms with van der Waals surface area (Å²) in [5, 5.41) is 24.4. The SMILES string of the molecule is C.C.C.C.CCCCCCCCCCCCCCOC(=O)COCNc1ccc(-c2nc3n(n2)N=C(C(C)(C)C)C3=Nc2cc(Cl)c([O-])c(Cl)c2)cc1.CN(C)C. The van der Waals surface area contributed by atoms with E-state index >= 15 is 0 Å². The van der Waals surface area contributed by atoms with Crippen LogP contribution in [0.15, 0.2) is 46.5 Å². The minimum Gasteiger partial charge on any atom is -0.870 e. The lowest BCUT2D eigenvalue weighted by Crippen LogP contribution is -2.27. The van der Waals surface area contributed by atoms with Crippen LogP contribution in [0, 0.1) is 5.41 Å². The van der Waals surface area contributed by atoms with Crippen LogP contribution in [0.25, 0.3) is 11.4 Å². The number of carbonyl (C=O) groups excluding carboxylic acids is 1. The summed E-state index contributed by atoms with van der Waals surface area (Å²) in [7, 11) is 6.00. The molecule has 11 nitrogen and oxygen atoms in total. The maximum Gasteiger partial charge on any atom is 0.332 e. The van der Waals surface area contributed by atoms with Crippen LogP contribution in [0.5, 0.6) is 5.75 Å². The van der Waals surface area contributed by atoms with Gasteiger partial charge < -0.3 is 24.8 Å². The Bertz CT molecular complexity index is 1610. The molecule has 0 saturated carbocycles. The van der Waals surface area contributed by atoms with E-state index in [0.717, 1.165) is 24.1 Å². The zero-order chi connectivity index (χ0) is 38.8. The number of aromatic nitrogens is 3. The van der Waals surface area contributed by atoms with Gasteiger partial charge in [-0.05, 0) is 64.0 Å². The first kappa shape index (κ1) is 55.6. The van der Waals surface area contributed by atoms with E-state index in [-0.39, 0.29) is 64.5 Å². The number of rotatable bonds is 20. The van der Waals surface area contributed by atoms with Crippen molar-refractivity contribution in [3.8, 4) is 17.1 Å². The third kappa shape index (κ3) is 19.7. The first-order valence-electron chi connectivity index (χ1n) is 18.8. The van der Waals surface area contributed by atoms with Crippen molar-refractivity contribution in [1.29, 1.82) is 0 Å². The zero-order valence-electron chi connectivity index (χ0n) is 32.6. The van der Waals surface area contributed by atoms with Gasteiger partial charge >= 0.3 is 5.97 Å². The molecule has 3 aromatic rings. The molecule has 0 unspecified atom stereocenters. The van der Waals surface area contributed by atoms with Gasteiger partial charge in [0.1, 0.15) is 19.0 Å². The monoisotopic (exact) mass is 835 g/mol. The van der Waals surface area contributed by atoms with E-state index in [1.54, 1.807) is 0 Å². The molecule has 2 aromatic carbocycles. The van der Waals surface area contributed by atoms with Crippen LogP contribution >= 0.6 is 23.2 Å². The van der Waals surface area contributed by atoms with Crippen LogP contribution in [0.2, 0.25) is 10.0 Å². The number of hydrogen-bond acceptors (Lipinski definition) is 10. The second-order valence-corrected chi connectivity index (χ2v) is 15.6. The van der Waals surface area contributed by atoms with Gasteiger partial charge in [0.15, 0.2) is 5.82 Å². The average molecular weight is 836 g/mol. The Balaban J connectivity index is 0. The Labute approximate surface area is 355 Å². The molecule has 1 aliphatic rings. The van der Waals surface area contributed by atoms with Crippen molar-refractivity contribution in [3.63, 3.8) is 0 Å². The quantitative estimate of drug-likeness (QED) is 0.0676. The summed E-state index contributed by atoms with van der Waals surface area (Å²) in [6.07, 6.45) is 15.2. The molecule has 4 rings (SSSR count).